The molecule has 4 aromatic rings. The molecule has 2 aromatic carbocycles. The van der Waals surface area contributed by atoms with Gasteiger partial charge >= 0.3 is 0 Å². The van der Waals surface area contributed by atoms with Crippen molar-refractivity contribution in [2.24, 2.45) is 0 Å². The van der Waals surface area contributed by atoms with Gasteiger partial charge in [-0.3, -0.25) is 0 Å². The van der Waals surface area contributed by atoms with Gasteiger partial charge in [0.1, 0.15) is 0 Å². The summed E-state index contributed by atoms with van der Waals surface area (Å²) in [5.41, 5.74) is 2.53. The molecule has 14 heteroatoms. The number of nitrogens with zero attached hydrogens (tertiary/aromatic N) is 4. The quantitative estimate of drug-likeness (QED) is 0.157. The summed E-state index contributed by atoms with van der Waals surface area (Å²) in [6.45, 7) is 0. The van der Waals surface area contributed by atoms with Gasteiger partial charge in [-0.2, -0.15) is 0 Å². The topological polar surface area (TPSA) is 154 Å². The van der Waals surface area contributed by atoms with Crippen molar-refractivity contribution in [3.63, 3.8) is 0 Å². The van der Waals surface area contributed by atoms with Crippen LogP contribution in [-0.2, 0) is 29.5 Å². The first-order valence-corrected chi connectivity index (χ1v) is 19.6. The van der Waals surface area contributed by atoms with E-state index < -0.39 is 40.6 Å². The van der Waals surface area contributed by atoms with Crippen molar-refractivity contribution in [3.05, 3.63) is 95.3 Å². The van der Waals surface area contributed by atoms with E-state index in [0.29, 0.717) is 10.9 Å². The van der Waals surface area contributed by atoms with E-state index >= 15 is 0 Å². The monoisotopic (exact) mass is 644 g/mol. The van der Waals surface area contributed by atoms with E-state index in [0.717, 1.165) is 29.9 Å². The minimum atomic E-state index is -3.96. The van der Waals surface area contributed by atoms with Crippen molar-refractivity contribution in [2.45, 2.75) is 44.0 Å². The Bertz CT molecular complexity index is 1870. The highest BCUT2D eigenvalue weighted by atomic mass is 32.2. The van der Waals surface area contributed by atoms with Crippen LogP contribution in [0.15, 0.2) is 93.2 Å². The average molecular weight is 645 g/mol. The second kappa shape index (κ2) is 11.1. The number of benzene rings is 2. The Labute approximate surface area is 249 Å². The third-order valence-electron chi connectivity index (χ3n) is 7.28. The minimum Gasteiger partial charge on any atom is -0.227 e. The highest BCUT2D eigenvalue weighted by Gasteiger charge is 2.54. The smallest absolute Gasteiger partial charge is 0.227 e. The van der Waals surface area contributed by atoms with Gasteiger partial charge in [-0.1, -0.05) is 72.4 Å². The summed E-state index contributed by atoms with van der Waals surface area (Å²) in [7, 11) is -11.5. The highest BCUT2D eigenvalue weighted by molar-refractivity contribution is 7.98. The molecule has 1 fully saturated rings. The lowest BCUT2D eigenvalue weighted by molar-refractivity contribution is 0.217. The molecule has 5 rings (SSSR count). The zero-order valence-corrected chi connectivity index (χ0v) is 26.4. The van der Waals surface area contributed by atoms with Gasteiger partial charge in [-0.25, -0.2) is 45.2 Å². The first kappa shape index (κ1) is 30.3. The molecule has 0 radical (unpaired) electrons. The van der Waals surface area contributed by atoms with Crippen molar-refractivity contribution in [3.8, 4) is 0 Å². The van der Waals surface area contributed by atoms with Crippen molar-refractivity contribution in [2.75, 3.05) is 25.0 Å². The van der Waals surface area contributed by atoms with Gasteiger partial charge in [0.2, 0.25) is 15.0 Å². The summed E-state index contributed by atoms with van der Waals surface area (Å²) in [5, 5.41) is -0.759. The van der Waals surface area contributed by atoms with Crippen LogP contribution >= 0.6 is 11.8 Å². The van der Waals surface area contributed by atoms with Gasteiger partial charge in [0.05, 0.1) is 11.4 Å². The minimum absolute atomic E-state index is 0.0975. The van der Waals surface area contributed by atoms with Gasteiger partial charge in [-0.15, -0.1) is 0 Å². The number of sulfone groups is 3. The van der Waals surface area contributed by atoms with Crippen LogP contribution in [0.25, 0.3) is 0 Å². The molecule has 10 nitrogen and oxygen atoms in total. The molecule has 42 heavy (non-hydrogen) atoms. The van der Waals surface area contributed by atoms with Crippen LogP contribution in [0.2, 0.25) is 0 Å². The molecule has 0 spiro atoms. The Hall–Kier alpha value is -3.20. The third kappa shape index (κ3) is 5.98. The van der Waals surface area contributed by atoms with Crippen LogP contribution < -0.4 is 0 Å². The zero-order valence-electron chi connectivity index (χ0n) is 23.1. The normalized spacial score (nSPS) is 21.0. The van der Waals surface area contributed by atoms with Gasteiger partial charge < -0.3 is 0 Å². The van der Waals surface area contributed by atoms with E-state index in [-0.39, 0.29) is 33.5 Å². The molecule has 2 atom stereocenters. The van der Waals surface area contributed by atoms with E-state index in [9.17, 15) is 25.3 Å². The van der Waals surface area contributed by atoms with Crippen molar-refractivity contribution < 1.29 is 25.3 Å². The molecule has 2 aromatic heterocycles. The van der Waals surface area contributed by atoms with Crippen LogP contribution in [0, 0.1) is 0 Å². The van der Waals surface area contributed by atoms with Crippen molar-refractivity contribution in [1.82, 2.24) is 19.9 Å². The molecule has 220 valence electrons. The standard InChI is InChI=1S/C28H28N4O6S4/c1-39-27-29-19(15-21(31-27)40(2,33)34)25-23(17-11-7-5-8-12-17)26(24(25)18-13-9-6-10-14-18)20-16-22(41(3,35)36)32-28(30-20)42(4,37)38/h5-16,23-26H,1-4H3/t23-,24-,25?,26?/m1/s1. The maximum atomic E-state index is 12.6. The highest BCUT2D eigenvalue weighted by Crippen LogP contribution is 2.66. The zero-order chi connectivity index (χ0) is 30.4. The van der Waals surface area contributed by atoms with Crippen molar-refractivity contribution in [1.29, 1.82) is 0 Å². The average Bonchev–Trinajstić information content (AvgIpc) is 2.92. The Kier molecular flexibility index (Phi) is 8.02. The van der Waals surface area contributed by atoms with E-state index in [1.165, 1.54) is 23.9 Å². The van der Waals surface area contributed by atoms with E-state index in [1.54, 1.807) is 6.26 Å². The van der Waals surface area contributed by atoms with Gasteiger partial charge in [0.15, 0.2) is 34.9 Å². The Morgan fingerprint density at radius 3 is 1.38 bits per heavy atom. The Morgan fingerprint density at radius 2 is 0.976 bits per heavy atom. The molecule has 1 aliphatic rings. The van der Waals surface area contributed by atoms with Crippen LogP contribution in [0.4, 0.5) is 0 Å². The van der Waals surface area contributed by atoms with Crippen molar-refractivity contribution >= 4 is 41.3 Å². The molecule has 0 aliphatic heterocycles. The first-order chi connectivity index (χ1) is 19.7. The number of thioether (sulfide) groups is 1. The van der Waals surface area contributed by atoms with Gasteiger partial charge in [0.25, 0.3) is 0 Å². The molecule has 2 heterocycles. The summed E-state index contributed by atoms with van der Waals surface area (Å²) in [4.78, 5) is 17.3. The van der Waals surface area contributed by atoms with Gasteiger partial charge in [-0.05, 0) is 29.5 Å². The third-order valence-corrected chi connectivity index (χ3v) is 10.6. The maximum absolute atomic E-state index is 12.6. The van der Waals surface area contributed by atoms with Crippen LogP contribution in [0.1, 0.15) is 46.2 Å². The fourth-order valence-electron chi connectivity index (χ4n) is 5.48. The predicted octanol–water partition coefficient (Wildman–Crippen LogP) is 3.65. The lowest BCUT2D eigenvalue weighted by atomic mass is 9.50. The summed E-state index contributed by atoms with van der Waals surface area (Å²) in [5.74, 6) is -1.63. The molecular weight excluding hydrogens is 617 g/mol. The predicted molar refractivity (Wildman–Crippen MR) is 159 cm³/mol. The number of rotatable bonds is 8. The van der Waals surface area contributed by atoms with Crippen LogP contribution in [-0.4, -0.2) is 70.2 Å². The number of hydrogen-bond donors (Lipinski definition) is 0. The number of aromatic nitrogens is 4. The molecule has 1 saturated carbocycles. The number of hydrogen-bond acceptors (Lipinski definition) is 11. The Morgan fingerprint density at radius 1 is 0.548 bits per heavy atom. The molecular formula is C28H28N4O6S4. The molecule has 0 bridgehead atoms. The second-order valence-corrected chi connectivity index (χ2v) is 16.9. The second-order valence-electron chi connectivity index (χ2n) is 10.3. The summed E-state index contributed by atoms with van der Waals surface area (Å²) in [6, 6.07) is 21.8. The SMILES string of the molecule is CSc1nc(C2[C@@H](c3ccccc3)C(c3cc(S(C)(=O)=O)nc(S(C)(=O)=O)n3)[C@@H]2c2ccccc2)cc(S(C)(=O)=O)n1. The summed E-state index contributed by atoms with van der Waals surface area (Å²) >= 11 is 1.23. The maximum Gasteiger partial charge on any atom is 0.248 e. The van der Waals surface area contributed by atoms with Crippen LogP contribution in [0.5, 0.6) is 0 Å². The molecule has 0 saturated heterocycles. The summed E-state index contributed by atoms with van der Waals surface area (Å²) in [6.07, 6.45) is 4.76. The van der Waals surface area contributed by atoms with Gasteiger partial charge in [0, 0.05) is 42.4 Å². The summed E-state index contributed by atoms with van der Waals surface area (Å²) < 4.78 is 75.6. The molecule has 0 unspecified atom stereocenters. The van der Waals surface area contributed by atoms with E-state index in [4.69, 9.17) is 4.98 Å². The fourth-order valence-corrected chi connectivity index (χ4v) is 7.70. The van der Waals surface area contributed by atoms with E-state index in [2.05, 4.69) is 15.0 Å². The Balaban J connectivity index is 1.82. The lowest BCUT2D eigenvalue weighted by Crippen LogP contribution is -2.41. The van der Waals surface area contributed by atoms with E-state index in [1.807, 2.05) is 60.7 Å². The largest absolute Gasteiger partial charge is 0.248 e. The molecule has 0 N–H and O–H groups in total. The van der Waals surface area contributed by atoms with Crippen LogP contribution in [0.3, 0.4) is 0 Å². The molecule has 0 amide bonds. The molecule has 1 aliphatic carbocycles. The first-order valence-electron chi connectivity index (χ1n) is 12.7. The lowest BCUT2D eigenvalue weighted by Gasteiger charge is -2.52. The fraction of sp³-hybridized carbons (Fsp3) is 0.286.